The molecule has 0 bridgehead atoms. The van der Waals surface area contributed by atoms with Crippen molar-refractivity contribution in [2.24, 2.45) is 5.92 Å². The standard InChI is InChI=1S/C31H37N5O2/c1-3-25-20-32-31(33-21-25)34-15-12-26(13-16-34)23-38-28-10-8-27(9-11-28)36-18-17-35(22-24(2)14-19-37)29-6-4-5-7-30(29)36/h4-11,14,19-21,26H,3,12-13,15-18,22-23H2,1-2H3. The van der Waals surface area contributed by atoms with E-state index in [0.717, 1.165) is 87.8 Å². The second-order valence-corrected chi connectivity index (χ2v) is 10.2. The molecule has 0 unspecified atom stereocenters. The van der Waals surface area contributed by atoms with Gasteiger partial charge in [0.2, 0.25) is 5.95 Å². The minimum Gasteiger partial charge on any atom is -0.493 e. The van der Waals surface area contributed by atoms with Gasteiger partial charge in [0.05, 0.1) is 18.0 Å². The first-order valence-electron chi connectivity index (χ1n) is 13.7. The zero-order chi connectivity index (χ0) is 26.3. The van der Waals surface area contributed by atoms with E-state index in [1.165, 1.54) is 16.9 Å². The Labute approximate surface area is 225 Å². The number of aldehydes is 1. The highest BCUT2D eigenvalue weighted by Crippen LogP contribution is 2.38. The quantitative estimate of drug-likeness (QED) is 0.280. The SMILES string of the molecule is CCc1cnc(N2CCC(COc3ccc(N4CCN(CC(C)=CC=O)c5ccccc54)cc3)CC2)nc1. The molecule has 2 aliphatic rings. The van der Waals surface area contributed by atoms with Gasteiger partial charge in [0.15, 0.2) is 0 Å². The van der Waals surface area contributed by atoms with Crippen molar-refractivity contribution in [1.82, 2.24) is 9.97 Å². The summed E-state index contributed by atoms with van der Waals surface area (Å²) in [5.74, 6) is 2.29. The lowest BCUT2D eigenvalue weighted by molar-refractivity contribution is -0.104. The Morgan fingerprint density at radius 2 is 1.68 bits per heavy atom. The third-order valence-corrected chi connectivity index (χ3v) is 7.53. The zero-order valence-corrected chi connectivity index (χ0v) is 22.4. The van der Waals surface area contributed by atoms with Crippen molar-refractivity contribution in [2.75, 3.05) is 54.0 Å². The number of rotatable bonds is 9. The third kappa shape index (κ3) is 5.98. The van der Waals surface area contributed by atoms with Crippen LogP contribution in [-0.4, -0.2) is 55.6 Å². The number of ether oxygens (including phenoxy) is 1. The van der Waals surface area contributed by atoms with Crippen molar-refractivity contribution in [3.05, 3.63) is 78.1 Å². The second kappa shape index (κ2) is 12.1. The third-order valence-electron chi connectivity index (χ3n) is 7.53. The molecule has 0 aliphatic carbocycles. The first-order chi connectivity index (χ1) is 18.6. The number of aryl methyl sites for hydroxylation is 1. The van der Waals surface area contributed by atoms with Crippen LogP contribution in [0.1, 0.15) is 32.3 Å². The van der Waals surface area contributed by atoms with Gasteiger partial charge in [-0.15, -0.1) is 0 Å². The fourth-order valence-electron chi connectivity index (χ4n) is 5.25. The van der Waals surface area contributed by atoms with Crippen LogP contribution in [0.15, 0.2) is 72.6 Å². The van der Waals surface area contributed by atoms with Crippen LogP contribution in [0, 0.1) is 5.92 Å². The molecule has 0 atom stereocenters. The van der Waals surface area contributed by atoms with Crippen molar-refractivity contribution >= 4 is 29.3 Å². The number of aromatic nitrogens is 2. The molecule has 7 heteroatoms. The normalized spacial score (nSPS) is 16.4. The van der Waals surface area contributed by atoms with Crippen molar-refractivity contribution in [2.45, 2.75) is 33.1 Å². The molecule has 198 valence electrons. The lowest BCUT2D eigenvalue weighted by Gasteiger charge is -2.39. The second-order valence-electron chi connectivity index (χ2n) is 10.2. The van der Waals surface area contributed by atoms with Crippen molar-refractivity contribution in [3.63, 3.8) is 0 Å². The maximum Gasteiger partial charge on any atom is 0.225 e. The van der Waals surface area contributed by atoms with E-state index in [2.05, 4.69) is 80.1 Å². The highest BCUT2D eigenvalue weighted by atomic mass is 16.5. The van der Waals surface area contributed by atoms with Gasteiger partial charge in [0.1, 0.15) is 12.0 Å². The van der Waals surface area contributed by atoms with Gasteiger partial charge in [0, 0.05) is 50.8 Å². The minimum absolute atomic E-state index is 0.539. The topological polar surface area (TPSA) is 61.8 Å². The Morgan fingerprint density at radius 1 is 0.974 bits per heavy atom. The number of para-hydroxylation sites is 2. The molecule has 2 aromatic carbocycles. The number of benzene rings is 2. The van der Waals surface area contributed by atoms with Gasteiger partial charge in [-0.05, 0) is 80.1 Å². The summed E-state index contributed by atoms with van der Waals surface area (Å²) >= 11 is 0. The number of carbonyl (C=O) groups excluding carboxylic acids is 1. The van der Waals surface area contributed by atoms with E-state index in [1.54, 1.807) is 6.08 Å². The van der Waals surface area contributed by atoms with Crippen LogP contribution < -0.4 is 19.4 Å². The molecule has 0 spiro atoms. The van der Waals surface area contributed by atoms with E-state index < -0.39 is 0 Å². The molecule has 1 saturated heterocycles. The summed E-state index contributed by atoms with van der Waals surface area (Å²) in [6, 6.07) is 17.0. The molecule has 7 nitrogen and oxygen atoms in total. The number of nitrogens with zero attached hydrogens (tertiary/aromatic N) is 5. The molecule has 0 N–H and O–H groups in total. The van der Waals surface area contributed by atoms with Crippen LogP contribution in [0.4, 0.5) is 23.0 Å². The monoisotopic (exact) mass is 511 g/mol. The Bertz CT molecular complexity index is 1230. The highest BCUT2D eigenvalue weighted by Gasteiger charge is 2.24. The van der Waals surface area contributed by atoms with Crippen LogP contribution in [0.2, 0.25) is 0 Å². The summed E-state index contributed by atoms with van der Waals surface area (Å²) in [6.07, 6.45) is 9.52. The van der Waals surface area contributed by atoms with E-state index in [1.807, 2.05) is 19.3 Å². The van der Waals surface area contributed by atoms with E-state index in [9.17, 15) is 4.79 Å². The van der Waals surface area contributed by atoms with E-state index in [-0.39, 0.29) is 0 Å². The fraction of sp³-hybridized carbons (Fsp3) is 0.387. The largest absolute Gasteiger partial charge is 0.493 e. The first-order valence-corrected chi connectivity index (χ1v) is 13.7. The van der Waals surface area contributed by atoms with Gasteiger partial charge < -0.3 is 19.4 Å². The summed E-state index contributed by atoms with van der Waals surface area (Å²) in [5, 5.41) is 0. The molecule has 3 aromatic rings. The molecule has 0 radical (unpaired) electrons. The summed E-state index contributed by atoms with van der Waals surface area (Å²) in [4.78, 5) is 26.9. The molecule has 0 amide bonds. The van der Waals surface area contributed by atoms with Crippen LogP contribution >= 0.6 is 0 Å². The number of fused-ring (bicyclic) bond motifs is 1. The molecule has 0 saturated carbocycles. The summed E-state index contributed by atoms with van der Waals surface area (Å²) in [5.41, 5.74) is 5.77. The molecule has 38 heavy (non-hydrogen) atoms. The van der Waals surface area contributed by atoms with Gasteiger partial charge in [-0.25, -0.2) is 9.97 Å². The number of allylic oxidation sites excluding steroid dienone is 1. The zero-order valence-electron chi connectivity index (χ0n) is 22.4. The number of piperidine rings is 1. The molecular formula is C31H37N5O2. The maximum absolute atomic E-state index is 10.9. The smallest absolute Gasteiger partial charge is 0.225 e. The van der Waals surface area contributed by atoms with E-state index >= 15 is 0 Å². The first kappa shape index (κ1) is 25.8. The Balaban J connectivity index is 1.15. The van der Waals surface area contributed by atoms with Crippen molar-refractivity contribution in [3.8, 4) is 5.75 Å². The van der Waals surface area contributed by atoms with Crippen molar-refractivity contribution in [1.29, 1.82) is 0 Å². The maximum atomic E-state index is 10.9. The van der Waals surface area contributed by atoms with Gasteiger partial charge >= 0.3 is 0 Å². The van der Waals surface area contributed by atoms with Crippen molar-refractivity contribution < 1.29 is 9.53 Å². The Morgan fingerprint density at radius 3 is 2.37 bits per heavy atom. The van der Waals surface area contributed by atoms with Gasteiger partial charge in [0.25, 0.3) is 0 Å². The number of carbonyl (C=O) groups is 1. The molecule has 3 heterocycles. The van der Waals surface area contributed by atoms with Gasteiger partial charge in [-0.1, -0.05) is 24.6 Å². The van der Waals surface area contributed by atoms with E-state index in [0.29, 0.717) is 5.92 Å². The summed E-state index contributed by atoms with van der Waals surface area (Å²) in [7, 11) is 0. The number of hydrogen-bond donors (Lipinski definition) is 0. The predicted octanol–water partition coefficient (Wildman–Crippen LogP) is 5.44. The van der Waals surface area contributed by atoms with Crippen LogP contribution in [0.25, 0.3) is 0 Å². The molecule has 1 fully saturated rings. The van der Waals surface area contributed by atoms with Gasteiger partial charge in [-0.3, -0.25) is 4.79 Å². The summed E-state index contributed by atoms with van der Waals surface area (Å²) < 4.78 is 6.20. The van der Waals surface area contributed by atoms with E-state index in [4.69, 9.17) is 4.74 Å². The molecular weight excluding hydrogens is 474 g/mol. The average molecular weight is 512 g/mol. The van der Waals surface area contributed by atoms with Crippen LogP contribution in [0.3, 0.4) is 0 Å². The van der Waals surface area contributed by atoms with Gasteiger partial charge in [-0.2, -0.15) is 0 Å². The number of hydrogen-bond acceptors (Lipinski definition) is 7. The highest BCUT2D eigenvalue weighted by molar-refractivity contribution is 5.80. The molecule has 1 aromatic heterocycles. The molecule has 5 rings (SSSR count). The minimum atomic E-state index is 0.539. The van der Waals surface area contributed by atoms with Crippen LogP contribution in [-0.2, 0) is 11.2 Å². The Kier molecular flexibility index (Phi) is 8.22. The van der Waals surface area contributed by atoms with Crippen LogP contribution in [0.5, 0.6) is 5.75 Å². The fourth-order valence-corrected chi connectivity index (χ4v) is 5.25. The summed E-state index contributed by atoms with van der Waals surface area (Å²) in [6.45, 7) is 9.33. The lowest BCUT2D eigenvalue weighted by Crippen LogP contribution is -2.39. The molecule has 2 aliphatic heterocycles. The number of anilines is 4. The average Bonchev–Trinajstić information content (AvgIpc) is 2.97. The predicted molar refractivity (Wildman–Crippen MR) is 154 cm³/mol. The lowest BCUT2D eigenvalue weighted by atomic mass is 9.98. The Hall–Kier alpha value is -3.87.